The molecule has 39 heavy (non-hydrogen) atoms. The molecule has 0 aromatic rings. The monoisotopic (exact) mass is 554 g/mol. The molecule has 0 radical (unpaired) electrons. The lowest BCUT2D eigenvalue weighted by Crippen LogP contribution is -2.04. The Morgan fingerprint density at radius 3 is 1.72 bits per heavy atom. The van der Waals surface area contributed by atoms with E-state index in [2.05, 4.69) is 51.8 Å². The molecular formula is C28H42O11. The second-order valence-corrected chi connectivity index (χ2v) is 6.98. The second kappa shape index (κ2) is 30.0. The van der Waals surface area contributed by atoms with Crippen LogP contribution in [0.25, 0.3) is 0 Å². The molecule has 0 aromatic heterocycles. The Hall–Kier alpha value is -4.25. The number of aliphatic carboxylic acids is 1. The quantitative estimate of drug-likeness (QED) is 0.106. The number of carboxylic acid groups (broad SMARTS) is 1. The molecule has 11 nitrogen and oxygen atoms in total. The summed E-state index contributed by atoms with van der Waals surface area (Å²) in [7, 11) is 1.25. The van der Waals surface area contributed by atoms with E-state index in [1.165, 1.54) is 32.3 Å². The molecule has 0 aromatic carbocycles. The molecule has 0 saturated carbocycles. The highest BCUT2D eigenvalue weighted by Gasteiger charge is 2.06. The summed E-state index contributed by atoms with van der Waals surface area (Å²) >= 11 is 0. The predicted octanol–water partition coefficient (Wildman–Crippen LogP) is 3.65. The van der Waals surface area contributed by atoms with Gasteiger partial charge in [0.25, 0.3) is 0 Å². The number of unbranched alkanes of at least 4 members (excludes halogenated alkanes) is 1. The lowest BCUT2D eigenvalue weighted by atomic mass is 10.1. The first kappa shape index (κ1) is 41.9. The van der Waals surface area contributed by atoms with Crippen LogP contribution >= 0.6 is 0 Å². The van der Waals surface area contributed by atoms with Gasteiger partial charge in [0.05, 0.1) is 20.3 Å². The number of hydrogen-bond donors (Lipinski definition) is 2. The Balaban J connectivity index is -0.000000214. The molecule has 0 atom stereocenters. The summed E-state index contributed by atoms with van der Waals surface area (Å²) < 4.78 is 18.0. The SMILES string of the molecule is C=C(CC=C(C)C(=O)O)C(=O)OC.C=CC(=O)OCCCC.C=CC(=O)OCCO.C=CCOC(=O)C(=C)C. The van der Waals surface area contributed by atoms with Crippen LogP contribution in [0, 0.1) is 0 Å². The third-order valence-corrected chi connectivity index (χ3v) is 3.56. The number of rotatable bonds is 14. The van der Waals surface area contributed by atoms with Gasteiger partial charge in [-0.2, -0.15) is 0 Å². The predicted molar refractivity (Wildman–Crippen MR) is 147 cm³/mol. The standard InChI is InChI=1S/C9H12O4.C7H10O2.C7H12O2.C5H8O3/c1-6(8(10)11)4-5-7(2)9(12)13-3;1-4-5-9-7(8)6(2)3;1-3-5-6-9-7(8)4-2;1-2-5(7)8-4-3-6/h4H,2,5H2,1,3H3,(H,10,11);4H,1-2,5H2,3H3;4H,2-3,5-6H2,1H3;2,6H,1,3-4H2. The van der Waals surface area contributed by atoms with Gasteiger partial charge in [-0.1, -0.05) is 58.4 Å². The smallest absolute Gasteiger partial charge is 0.333 e. The van der Waals surface area contributed by atoms with Gasteiger partial charge >= 0.3 is 29.8 Å². The topological polar surface area (TPSA) is 163 Å². The summed E-state index contributed by atoms with van der Waals surface area (Å²) in [5.74, 6) is -2.72. The average molecular weight is 555 g/mol. The molecule has 0 saturated heterocycles. The molecule has 11 heteroatoms. The summed E-state index contributed by atoms with van der Waals surface area (Å²) in [5.41, 5.74) is 0.838. The minimum atomic E-state index is -1.00. The van der Waals surface area contributed by atoms with Crippen molar-refractivity contribution in [3.8, 4) is 0 Å². The van der Waals surface area contributed by atoms with E-state index in [0.717, 1.165) is 18.9 Å². The van der Waals surface area contributed by atoms with Gasteiger partial charge in [0.2, 0.25) is 0 Å². The Morgan fingerprint density at radius 1 is 0.846 bits per heavy atom. The van der Waals surface area contributed by atoms with Crippen LogP contribution in [-0.2, 0) is 42.9 Å². The van der Waals surface area contributed by atoms with Gasteiger partial charge in [0, 0.05) is 28.9 Å². The third kappa shape index (κ3) is 33.8. The largest absolute Gasteiger partial charge is 0.478 e. The van der Waals surface area contributed by atoms with Gasteiger partial charge < -0.3 is 29.2 Å². The maximum absolute atomic E-state index is 10.8. The molecule has 0 spiro atoms. The molecule has 0 rings (SSSR count). The van der Waals surface area contributed by atoms with E-state index in [1.54, 1.807) is 6.92 Å². The van der Waals surface area contributed by atoms with E-state index in [4.69, 9.17) is 10.2 Å². The number of esters is 4. The zero-order valence-electron chi connectivity index (χ0n) is 23.4. The first-order chi connectivity index (χ1) is 18.3. The fourth-order valence-electron chi connectivity index (χ4n) is 1.43. The lowest BCUT2D eigenvalue weighted by molar-refractivity contribution is -0.139. The Bertz CT molecular complexity index is 852. The van der Waals surface area contributed by atoms with Crippen LogP contribution in [0.2, 0.25) is 0 Å². The number of allylic oxidation sites excluding steroid dienone is 1. The number of carbonyl (C=O) groups is 5. The molecular weight excluding hydrogens is 512 g/mol. The number of ether oxygens (including phenoxy) is 4. The van der Waals surface area contributed by atoms with Gasteiger partial charge in [-0.3, -0.25) is 0 Å². The van der Waals surface area contributed by atoms with Crippen LogP contribution in [0.5, 0.6) is 0 Å². The normalized spacial score (nSPS) is 9.10. The average Bonchev–Trinajstić information content (AvgIpc) is 2.93. The number of carbonyl (C=O) groups excluding carboxylic acids is 4. The summed E-state index contributed by atoms with van der Waals surface area (Å²) in [6.07, 6.45) is 7.34. The molecule has 0 fully saturated rings. The first-order valence-corrected chi connectivity index (χ1v) is 11.6. The van der Waals surface area contributed by atoms with Crippen molar-refractivity contribution >= 4 is 29.8 Å². The highest BCUT2D eigenvalue weighted by molar-refractivity contribution is 5.89. The number of aliphatic hydroxyl groups is 1. The third-order valence-electron chi connectivity index (χ3n) is 3.56. The Labute approximate surface area is 230 Å². The van der Waals surface area contributed by atoms with Crippen LogP contribution in [0.1, 0.15) is 40.0 Å². The number of methoxy groups -OCH3 is 1. The van der Waals surface area contributed by atoms with Gasteiger partial charge in [-0.05, 0) is 26.7 Å². The molecule has 0 unspecified atom stereocenters. The van der Waals surface area contributed by atoms with Crippen LogP contribution in [0.15, 0.2) is 73.9 Å². The Kier molecular flexibility index (Phi) is 32.2. The van der Waals surface area contributed by atoms with Gasteiger partial charge in [0.1, 0.15) is 13.2 Å². The highest BCUT2D eigenvalue weighted by atomic mass is 16.5. The fourth-order valence-corrected chi connectivity index (χ4v) is 1.43. The van der Waals surface area contributed by atoms with E-state index in [1.807, 2.05) is 6.92 Å². The lowest BCUT2D eigenvalue weighted by Gasteiger charge is -1.99. The van der Waals surface area contributed by atoms with Crippen molar-refractivity contribution < 1.29 is 53.1 Å². The fraction of sp³-hybridized carbons (Fsp3) is 0.393. The first-order valence-electron chi connectivity index (χ1n) is 11.6. The zero-order valence-corrected chi connectivity index (χ0v) is 23.4. The van der Waals surface area contributed by atoms with E-state index < -0.39 is 17.9 Å². The van der Waals surface area contributed by atoms with Crippen LogP contribution in [-0.4, -0.2) is 73.6 Å². The molecule has 0 heterocycles. The highest BCUT2D eigenvalue weighted by Crippen LogP contribution is 2.04. The Morgan fingerprint density at radius 2 is 1.36 bits per heavy atom. The van der Waals surface area contributed by atoms with Crippen molar-refractivity contribution in [2.45, 2.75) is 40.0 Å². The molecule has 0 aliphatic heterocycles. The molecule has 0 aliphatic carbocycles. The molecule has 0 bridgehead atoms. The van der Waals surface area contributed by atoms with E-state index in [-0.39, 0.29) is 49.3 Å². The summed E-state index contributed by atoms with van der Waals surface area (Å²) in [6, 6.07) is 0. The number of carboxylic acids is 1. The number of aliphatic hydroxyl groups excluding tert-OH is 1. The maximum atomic E-state index is 10.8. The van der Waals surface area contributed by atoms with Gasteiger partial charge in [0.15, 0.2) is 0 Å². The number of hydrogen-bond acceptors (Lipinski definition) is 10. The van der Waals surface area contributed by atoms with Gasteiger partial charge in [-0.25, -0.2) is 24.0 Å². The minimum absolute atomic E-state index is 0.0465. The van der Waals surface area contributed by atoms with Crippen LogP contribution in [0.4, 0.5) is 0 Å². The van der Waals surface area contributed by atoms with Crippen LogP contribution in [0.3, 0.4) is 0 Å². The summed E-state index contributed by atoms with van der Waals surface area (Å²) in [5, 5.41) is 16.6. The molecule has 0 aliphatic rings. The molecule has 2 N–H and O–H groups in total. The molecule has 0 amide bonds. The van der Waals surface area contributed by atoms with E-state index >= 15 is 0 Å². The van der Waals surface area contributed by atoms with Crippen molar-refractivity contribution in [2.75, 3.05) is 33.5 Å². The van der Waals surface area contributed by atoms with Crippen LogP contribution < -0.4 is 0 Å². The van der Waals surface area contributed by atoms with E-state index in [0.29, 0.717) is 12.2 Å². The van der Waals surface area contributed by atoms with Gasteiger partial charge in [-0.15, -0.1) is 0 Å². The second-order valence-electron chi connectivity index (χ2n) is 6.98. The maximum Gasteiger partial charge on any atom is 0.333 e. The summed E-state index contributed by atoms with van der Waals surface area (Å²) in [4.78, 5) is 52.1. The summed E-state index contributed by atoms with van der Waals surface area (Å²) in [6.45, 7) is 22.4. The van der Waals surface area contributed by atoms with Crippen molar-refractivity contribution in [1.82, 2.24) is 0 Å². The van der Waals surface area contributed by atoms with Crippen molar-refractivity contribution in [1.29, 1.82) is 0 Å². The van der Waals surface area contributed by atoms with Crippen molar-refractivity contribution in [3.05, 3.63) is 73.9 Å². The van der Waals surface area contributed by atoms with Crippen molar-refractivity contribution in [2.24, 2.45) is 0 Å². The minimum Gasteiger partial charge on any atom is -0.478 e. The van der Waals surface area contributed by atoms with E-state index in [9.17, 15) is 24.0 Å². The van der Waals surface area contributed by atoms with Crippen molar-refractivity contribution in [3.63, 3.8) is 0 Å². The molecule has 220 valence electrons. The zero-order chi connectivity index (χ0) is 31.2.